The van der Waals surface area contributed by atoms with Gasteiger partial charge in [0.25, 0.3) is 0 Å². The van der Waals surface area contributed by atoms with Crippen molar-refractivity contribution in [2.24, 2.45) is 5.16 Å². The first-order valence-corrected chi connectivity index (χ1v) is 1.95. The maximum atomic E-state index is 9.78. The Morgan fingerprint density at radius 1 is 1.80 bits per heavy atom. The van der Waals surface area contributed by atoms with Crippen LogP contribution in [0.3, 0.4) is 0 Å². The number of carboxylic acid groups (broad SMARTS) is 1. The summed E-state index contributed by atoms with van der Waals surface area (Å²) in [6.45, 7) is 0. The number of carbonyl (C=O) groups excluding carboxylic acids is 1. The third-order valence-corrected chi connectivity index (χ3v) is 0.482. The van der Waals surface area contributed by atoms with E-state index in [4.69, 9.17) is 5.26 Å². The number of carbonyl (C=O) groups is 1. The van der Waals surface area contributed by atoms with Gasteiger partial charge in [0.05, 0.1) is 0 Å². The molecule has 5 nitrogen and oxygen atoms in total. The zero-order valence-corrected chi connectivity index (χ0v) is 7.62. The molecule has 6 heteroatoms. The van der Waals surface area contributed by atoms with E-state index in [1.807, 2.05) is 0 Å². The molecule has 0 fully saturated rings. The Bertz CT molecular complexity index is 183. The summed E-state index contributed by atoms with van der Waals surface area (Å²) >= 11 is 0. The van der Waals surface area contributed by atoms with Gasteiger partial charge in [-0.3, -0.25) is 0 Å². The van der Waals surface area contributed by atoms with Crippen molar-refractivity contribution in [3.8, 4) is 6.07 Å². The molecule has 0 heterocycles. The Balaban J connectivity index is 0. The number of hydrogen-bond acceptors (Lipinski definition) is 5. The maximum absolute atomic E-state index is 9.78. The van der Waals surface area contributed by atoms with Crippen LogP contribution in [0, 0.1) is 11.3 Å². The third kappa shape index (κ3) is 4.32. The second-order valence-electron chi connectivity index (χ2n) is 1.02. The predicted molar refractivity (Wildman–Crippen MR) is 25.1 cm³/mol. The largest absolute Gasteiger partial charge is 1.00 e. The summed E-state index contributed by atoms with van der Waals surface area (Å²) in [5.41, 5.74) is -0.766. The number of nitrogens with zero attached hydrogens (tertiary/aromatic N) is 2. The topological polar surface area (TPSA) is 85.5 Å². The van der Waals surface area contributed by atoms with Gasteiger partial charge in [0.2, 0.25) is 5.71 Å². The van der Waals surface area contributed by atoms with Crippen LogP contribution >= 0.6 is 0 Å². The van der Waals surface area contributed by atoms with E-state index in [2.05, 4.69) is 9.99 Å². The molecule has 0 spiro atoms. The monoisotopic (exact) mass is 150 g/mol. The number of carboxylic acids is 1. The molecule has 0 saturated carbocycles. The summed E-state index contributed by atoms with van der Waals surface area (Å²) in [7, 11) is 1.14. The van der Waals surface area contributed by atoms with E-state index in [-0.39, 0.29) is 29.6 Å². The molecule has 0 unspecified atom stereocenters. The van der Waals surface area contributed by atoms with Gasteiger partial charge in [0, 0.05) is 0 Å². The van der Waals surface area contributed by atoms with Gasteiger partial charge < -0.3 is 14.7 Å². The Morgan fingerprint density at radius 3 is 2.40 bits per heavy atom. The predicted octanol–water partition coefficient (Wildman–Crippen LogP) is -4.73. The van der Waals surface area contributed by atoms with E-state index in [0.717, 1.165) is 7.11 Å². The molecule has 48 valence electrons. The van der Waals surface area contributed by atoms with E-state index in [0.29, 0.717) is 0 Å². The van der Waals surface area contributed by atoms with Crippen molar-refractivity contribution in [1.82, 2.24) is 0 Å². The van der Waals surface area contributed by atoms with Crippen LogP contribution in [-0.2, 0) is 9.63 Å². The first-order chi connectivity index (χ1) is 4.22. The first-order valence-electron chi connectivity index (χ1n) is 1.95. The quantitative estimate of drug-likeness (QED) is 0.225. The molecular formula is C4H3N2NaO3. The summed E-state index contributed by atoms with van der Waals surface area (Å²) in [5.74, 6) is -1.64. The van der Waals surface area contributed by atoms with Crippen molar-refractivity contribution >= 4 is 11.7 Å². The van der Waals surface area contributed by atoms with Crippen molar-refractivity contribution in [1.29, 1.82) is 5.26 Å². The summed E-state index contributed by atoms with van der Waals surface area (Å²) in [6, 6.07) is 1.27. The molecule has 0 aliphatic carbocycles. The standard InChI is InChI=1S/C4H4N2O3.Na/c1-9-6-3(2-5)4(7)8;/h1H3,(H,7,8);/q;+1/p-1. The summed E-state index contributed by atoms with van der Waals surface area (Å²) in [5, 5.41) is 20.6. The van der Waals surface area contributed by atoms with Gasteiger partial charge in [0.1, 0.15) is 19.1 Å². The van der Waals surface area contributed by atoms with Gasteiger partial charge in [-0.05, 0) is 0 Å². The molecule has 0 rings (SSSR count). The van der Waals surface area contributed by atoms with Crippen molar-refractivity contribution in [2.45, 2.75) is 0 Å². The Hall–Kier alpha value is -0.570. The van der Waals surface area contributed by atoms with E-state index >= 15 is 0 Å². The molecule has 0 aliphatic rings. The number of hydrogen-bond donors (Lipinski definition) is 0. The molecule has 0 amide bonds. The minimum atomic E-state index is -1.64. The van der Waals surface area contributed by atoms with E-state index in [1.54, 1.807) is 0 Å². The minimum absolute atomic E-state index is 0. The summed E-state index contributed by atoms with van der Waals surface area (Å²) in [6.07, 6.45) is 0. The molecule has 10 heavy (non-hydrogen) atoms. The van der Waals surface area contributed by atoms with Crippen molar-refractivity contribution in [3.63, 3.8) is 0 Å². The molecule has 0 aromatic carbocycles. The number of aliphatic carboxylic acids is 1. The van der Waals surface area contributed by atoms with Crippen LogP contribution in [0.1, 0.15) is 0 Å². The van der Waals surface area contributed by atoms with Gasteiger partial charge in [-0.1, -0.05) is 5.16 Å². The smallest absolute Gasteiger partial charge is 0.542 e. The number of oxime groups is 1. The molecule has 0 radical (unpaired) electrons. The van der Waals surface area contributed by atoms with Crippen LogP contribution in [0.25, 0.3) is 0 Å². The minimum Gasteiger partial charge on any atom is -0.542 e. The Kier molecular flexibility index (Phi) is 7.95. The summed E-state index contributed by atoms with van der Waals surface area (Å²) in [4.78, 5) is 13.8. The molecule has 0 bridgehead atoms. The second kappa shape index (κ2) is 6.55. The van der Waals surface area contributed by atoms with Gasteiger partial charge in [-0.15, -0.1) is 0 Å². The molecule has 0 aliphatic heterocycles. The fourth-order valence-electron chi connectivity index (χ4n) is 0.195. The van der Waals surface area contributed by atoms with Crippen molar-refractivity contribution in [3.05, 3.63) is 0 Å². The van der Waals surface area contributed by atoms with Gasteiger partial charge in [0.15, 0.2) is 0 Å². The molecular weight excluding hydrogens is 147 g/mol. The first kappa shape index (κ1) is 12.1. The average molecular weight is 150 g/mol. The zero-order chi connectivity index (χ0) is 7.28. The van der Waals surface area contributed by atoms with Crippen LogP contribution in [0.15, 0.2) is 5.16 Å². The van der Waals surface area contributed by atoms with Crippen LogP contribution in [0.4, 0.5) is 0 Å². The summed E-state index contributed by atoms with van der Waals surface area (Å²) < 4.78 is 0. The third-order valence-electron chi connectivity index (χ3n) is 0.482. The number of rotatable bonds is 2. The van der Waals surface area contributed by atoms with Crippen molar-refractivity contribution < 1.29 is 44.3 Å². The normalized spacial score (nSPS) is 9.00. The Labute approximate surface area is 79.6 Å². The van der Waals surface area contributed by atoms with Crippen LogP contribution in [0.5, 0.6) is 0 Å². The average Bonchev–Trinajstić information content (AvgIpc) is 1.82. The van der Waals surface area contributed by atoms with Crippen LogP contribution < -0.4 is 34.7 Å². The number of nitriles is 1. The van der Waals surface area contributed by atoms with Gasteiger partial charge in [-0.2, -0.15) is 5.26 Å². The molecule has 0 N–H and O–H groups in total. The van der Waals surface area contributed by atoms with Crippen molar-refractivity contribution in [2.75, 3.05) is 7.11 Å². The van der Waals surface area contributed by atoms with E-state index in [9.17, 15) is 9.90 Å². The van der Waals surface area contributed by atoms with Gasteiger partial charge >= 0.3 is 29.6 Å². The Morgan fingerprint density at radius 2 is 2.30 bits per heavy atom. The van der Waals surface area contributed by atoms with E-state index in [1.165, 1.54) is 6.07 Å². The maximum Gasteiger partial charge on any atom is 1.00 e. The van der Waals surface area contributed by atoms with Crippen LogP contribution in [0.2, 0.25) is 0 Å². The van der Waals surface area contributed by atoms with Gasteiger partial charge in [-0.25, -0.2) is 0 Å². The zero-order valence-electron chi connectivity index (χ0n) is 5.62. The molecule has 0 saturated heterocycles. The molecule has 0 aromatic heterocycles. The SMILES string of the molecule is CON=C(C#N)C(=O)[O-].[Na+]. The molecule has 0 atom stereocenters. The second-order valence-corrected chi connectivity index (χ2v) is 1.02. The van der Waals surface area contributed by atoms with Crippen LogP contribution in [-0.4, -0.2) is 18.8 Å². The fraction of sp³-hybridized carbons (Fsp3) is 0.250. The fourth-order valence-corrected chi connectivity index (χ4v) is 0.195. The molecule has 0 aromatic rings. The van der Waals surface area contributed by atoms with E-state index < -0.39 is 11.7 Å².